The smallest absolute Gasteiger partial charge is 0.407 e. The molecular weight excluding hydrogens is 472 g/mol. The molecule has 0 atom stereocenters. The zero-order valence-electron chi connectivity index (χ0n) is 21.6. The number of nitrogens with zero attached hydrogens (tertiary/aromatic N) is 1. The lowest BCUT2D eigenvalue weighted by Gasteiger charge is -2.20. The summed E-state index contributed by atoms with van der Waals surface area (Å²) in [6.07, 6.45) is 3.28. The molecule has 4 aromatic rings. The highest BCUT2D eigenvalue weighted by atomic mass is 16.7. The topological polar surface area (TPSA) is 79.1 Å². The first-order chi connectivity index (χ1) is 17.8. The predicted octanol–water partition coefficient (Wildman–Crippen LogP) is 5.02. The molecule has 0 saturated carbocycles. The average molecular weight is 504 g/mol. The van der Waals surface area contributed by atoms with E-state index in [9.17, 15) is 4.79 Å². The highest BCUT2D eigenvalue weighted by Gasteiger charge is 2.30. The number of fused-ring (bicyclic) bond motifs is 4. The minimum absolute atomic E-state index is 0.261. The standard InChI is InChI=1S/C29H30N2O6/c1-29(2,3)37-28(32)30-11-5-13-34-27-21-15-31-12-10-17-14-23-26(36-16-35-23)20-7-6-19(25(31)24(17)20)18(21)8-9-22(27)33-4/h6-9,14-15H,5,10-13,16H2,1-4H3/p+1. The normalized spacial score (nSPS) is 13.9. The molecule has 0 unspecified atom stereocenters. The summed E-state index contributed by atoms with van der Waals surface area (Å²) in [6.45, 7) is 7.53. The number of hydrogen-bond acceptors (Lipinski definition) is 6. The Kier molecular flexibility index (Phi) is 5.62. The molecule has 8 heteroatoms. The maximum absolute atomic E-state index is 11.9. The van der Waals surface area contributed by atoms with Crippen molar-refractivity contribution in [1.82, 2.24) is 5.32 Å². The molecular formula is C29H31N2O6+. The van der Waals surface area contributed by atoms with Gasteiger partial charge in [-0.1, -0.05) is 0 Å². The Hall–Kier alpha value is -3.94. The van der Waals surface area contributed by atoms with Crippen LogP contribution in [0.5, 0.6) is 23.0 Å². The fourth-order valence-electron chi connectivity index (χ4n) is 5.30. The van der Waals surface area contributed by atoms with Crippen molar-refractivity contribution in [2.75, 3.05) is 27.1 Å². The molecule has 3 heterocycles. The lowest BCUT2D eigenvalue weighted by atomic mass is 9.93. The van der Waals surface area contributed by atoms with E-state index >= 15 is 0 Å². The van der Waals surface area contributed by atoms with Crippen LogP contribution in [-0.2, 0) is 17.7 Å². The summed E-state index contributed by atoms with van der Waals surface area (Å²) in [5.41, 5.74) is 1.96. The molecule has 0 spiro atoms. The van der Waals surface area contributed by atoms with Crippen molar-refractivity contribution in [1.29, 1.82) is 0 Å². The van der Waals surface area contributed by atoms with Gasteiger partial charge in [0, 0.05) is 23.7 Å². The van der Waals surface area contributed by atoms with Crippen LogP contribution in [0.1, 0.15) is 32.8 Å². The summed E-state index contributed by atoms with van der Waals surface area (Å²) < 4.78 is 31.1. The Labute approximate surface area is 215 Å². The molecule has 1 amide bonds. The molecule has 8 nitrogen and oxygen atoms in total. The molecule has 2 aliphatic heterocycles. The van der Waals surface area contributed by atoms with Crippen molar-refractivity contribution in [3.8, 4) is 23.0 Å². The minimum atomic E-state index is -0.523. The van der Waals surface area contributed by atoms with Gasteiger partial charge in [0.1, 0.15) is 5.60 Å². The van der Waals surface area contributed by atoms with Crippen LogP contribution in [0.2, 0.25) is 0 Å². The van der Waals surface area contributed by atoms with E-state index in [1.807, 2.05) is 26.8 Å². The minimum Gasteiger partial charge on any atom is -0.493 e. The number of aromatic nitrogens is 1. The van der Waals surface area contributed by atoms with Gasteiger partial charge in [0.05, 0.1) is 29.9 Å². The zero-order chi connectivity index (χ0) is 25.7. The Morgan fingerprint density at radius 3 is 2.70 bits per heavy atom. The number of aryl methyl sites for hydroxylation is 2. The van der Waals surface area contributed by atoms with Crippen molar-refractivity contribution >= 4 is 38.5 Å². The Bertz CT molecular complexity index is 1560. The summed E-state index contributed by atoms with van der Waals surface area (Å²) in [6, 6.07) is 10.5. The third-order valence-corrected chi connectivity index (χ3v) is 6.79. The number of carbonyl (C=O) groups is 1. The first-order valence-corrected chi connectivity index (χ1v) is 12.6. The molecule has 0 bridgehead atoms. The van der Waals surface area contributed by atoms with Gasteiger partial charge in [0.15, 0.2) is 35.7 Å². The van der Waals surface area contributed by atoms with Crippen molar-refractivity contribution < 1.29 is 33.0 Å². The summed E-state index contributed by atoms with van der Waals surface area (Å²) in [5, 5.41) is 8.34. The Balaban J connectivity index is 1.34. The van der Waals surface area contributed by atoms with Crippen LogP contribution in [0, 0.1) is 0 Å². The predicted molar refractivity (Wildman–Crippen MR) is 140 cm³/mol. The van der Waals surface area contributed by atoms with E-state index in [4.69, 9.17) is 23.7 Å². The Morgan fingerprint density at radius 1 is 1.08 bits per heavy atom. The van der Waals surface area contributed by atoms with Crippen LogP contribution < -0.4 is 28.8 Å². The summed E-state index contributed by atoms with van der Waals surface area (Å²) in [4.78, 5) is 11.9. The second-order valence-corrected chi connectivity index (χ2v) is 10.4. The van der Waals surface area contributed by atoms with E-state index < -0.39 is 11.7 Å². The molecule has 0 saturated heterocycles. The van der Waals surface area contributed by atoms with Gasteiger partial charge in [-0.2, -0.15) is 4.57 Å². The number of pyridine rings is 1. The van der Waals surface area contributed by atoms with E-state index in [2.05, 4.69) is 40.3 Å². The van der Waals surface area contributed by atoms with Crippen molar-refractivity contribution in [2.45, 2.75) is 45.8 Å². The van der Waals surface area contributed by atoms with Gasteiger partial charge in [0.2, 0.25) is 12.3 Å². The first kappa shape index (κ1) is 23.5. The largest absolute Gasteiger partial charge is 0.493 e. The number of alkyl carbamates (subject to hydrolysis) is 1. The second-order valence-electron chi connectivity index (χ2n) is 10.4. The first-order valence-electron chi connectivity index (χ1n) is 12.6. The number of hydrogen-bond donors (Lipinski definition) is 1. The highest BCUT2D eigenvalue weighted by Crippen LogP contribution is 2.46. The third kappa shape index (κ3) is 4.10. The average Bonchev–Trinajstić information content (AvgIpc) is 3.34. The van der Waals surface area contributed by atoms with Gasteiger partial charge >= 0.3 is 6.09 Å². The molecule has 2 aliphatic rings. The van der Waals surface area contributed by atoms with Crippen LogP contribution in [0.25, 0.3) is 32.4 Å². The fourth-order valence-corrected chi connectivity index (χ4v) is 5.30. The molecule has 0 radical (unpaired) electrons. The third-order valence-electron chi connectivity index (χ3n) is 6.79. The van der Waals surface area contributed by atoms with Crippen molar-refractivity contribution in [3.63, 3.8) is 0 Å². The molecule has 192 valence electrons. The number of carbonyl (C=O) groups excluding carboxylic acids is 1. The molecule has 1 aromatic heterocycles. The number of nitrogens with one attached hydrogen (secondary N) is 1. The van der Waals surface area contributed by atoms with Crippen LogP contribution in [-0.4, -0.2) is 38.7 Å². The van der Waals surface area contributed by atoms with Gasteiger partial charge in [0.25, 0.3) is 0 Å². The van der Waals surface area contributed by atoms with Crippen LogP contribution in [0.15, 0.2) is 36.5 Å². The number of rotatable bonds is 6. The molecule has 0 fully saturated rings. The maximum Gasteiger partial charge on any atom is 0.407 e. The maximum atomic E-state index is 11.9. The number of amides is 1. The summed E-state index contributed by atoms with van der Waals surface area (Å²) in [5.74, 6) is 3.05. The highest BCUT2D eigenvalue weighted by molar-refractivity contribution is 6.17. The number of ether oxygens (including phenoxy) is 5. The fraction of sp³-hybridized carbons (Fsp3) is 0.379. The lowest BCUT2D eigenvalue weighted by Crippen LogP contribution is -2.38. The van der Waals surface area contributed by atoms with Crippen molar-refractivity contribution in [2.24, 2.45) is 0 Å². The van der Waals surface area contributed by atoms with E-state index in [1.165, 1.54) is 16.5 Å². The van der Waals surface area contributed by atoms with Crippen molar-refractivity contribution in [3.05, 3.63) is 42.1 Å². The van der Waals surface area contributed by atoms with E-state index in [1.54, 1.807) is 7.11 Å². The quantitative estimate of drug-likeness (QED) is 0.226. The molecule has 1 N–H and O–H groups in total. The molecule has 0 aliphatic carbocycles. The van der Waals surface area contributed by atoms with Crippen LogP contribution in [0.3, 0.4) is 0 Å². The van der Waals surface area contributed by atoms with Gasteiger partial charge in [-0.3, -0.25) is 0 Å². The van der Waals surface area contributed by atoms with Crippen LogP contribution >= 0.6 is 0 Å². The summed E-state index contributed by atoms with van der Waals surface area (Å²) in [7, 11) is 1.65. The summed E-state index contributed by atoms with van der Waals surface area (Å²) >= 11 is 0. The van der Waals surface area contributed by atoms with Gasteiger partial charge < -0.3 is 29.0 Å². The number of methoxy groups -OCH3 is 1. The SMILES string of the molecule is COc1ccc2c(c[n+]3c4c2ccc2c5c(cc(c24)CC3)OCO5)c1OCCCNC(=O)OC(C)(C)C. The van der Waals surface area contributed by atoms with Gasteiger partial charge in [-0.25, -0.2) is 4.79 Å². The van der Waals surface area contributed by atoms with Gasteiger partial charge in [-0.05, 0) is 63.1 Å². The second kappa shape index (κ2) is 8.87. The monoisotopic (exact) mass is 503 g/mol. The van der Waals surface area contributed by atoms with E-state index in [0.717, 1.165) is 46.0 Å². The van der Waals surface area contributed by atoms with E-state index in [-0.39, 0.29) is 6.79 Å². The number of benzene rings is 3. The molecule has 6 rings (SSSR count). The van der Waals surface area contributed by atoms with Gasteiger partial charge in [-0.15, -0.1) is 0 Å². The molecule has 3 aromatic carbocycles. The Morgan fingerprint density at radius 2 is 1.89 bits per heavy atom. The van der Waals surface area contributed by atoms with E-state index in [0.29, 0.717) is 31.1 Å². The zero-order valence-corrected chi connectivity index (χ0v) is 21.6. The lowest BCUT2D eigenvalue weighted by molar-refractivity contribution is -0.670. The molecule has 37 heavy (non-hydrogen) atoms. The van der Waals surface area contributed by atoms with Crippen LogP contribution in [0.4, 0.5) is 4.79 Å².